The van der Waals surface area contributed by atoms with E-state index in [1.165, 1.54) is 19.2 Å². The van der Waals surface area contributed by atoms with E-state index in [-0.39, 0.29) is 50.7 Å². The van der Waals surface area contributed by atoms with Crippen LogP contribution in [-0.4, -0.2) is 83.0 Å². The van der Waals surface area contributed by atoms with Gasteiger partial charge in [0, 0.05) is 63.9 Å². The molecule has 2 unspecified atom stereocenters. The summed E-state index contributed by atoms with van der Waals surface area (Å²) >= 11 is 0. The largest absolute Gasteiger partial charge is 0.402 e. The number of carbonyl (C=O) groups excluding carboxylic acids is 4. The van der Waals surface area contributed by atoms with Gasteiger partial charge < -0.3 is 10.3 Å². The maximum atomic E-state index is 15.4. The molecule has 71 heavy (non-hydrogen) atoms. The monoisotopic (exact) mass is 943 g/mol. The topological polar surface area (TPSA) is 189 Å². The third-order valence-electron chi connectivity index (χ3n) is 13.9. The fourth-order valence-corrected chi connectivity index (χ4v) is 9.99. The number of hydrogen-bond acceptors (Lipinski definition) is 12. The molecule has 18 heteroatoms. The Hall–Kier alpha value is -9.32. The van der Waals surface area contributed by atoms with Crippen molar-refractivity contribution < 1.29 is 32.3 Å². The highest BCUT2D eigenvalue weighted by atomic mass is 19.4. The number of nitrogens with zero attached hydrogens (tertiary/aromatic N) is 9. The van der Waals surface area contributed by atoms with Crippen LogP contribution >= 0.6 is 0 Å². The Balaban J connectivity index is 0.943. The number of nitrogens with one attached hydrogen (secondary N) is 2. The predicted octanol–water partition coefficient (Wildman–Crippen LogP) is 7.23. The summed E-state index contributed by atoms with van der Waals surface area (Å²) in [4.78, 5) is 94.4. The molecule has 13 rings (SSSR count). The first kappa shape index (κ1) is 41.8. The second kappa shape index (κ2) is 14.6. The summed E-state index contributed by atoms with van der Waals surface area (Å²) in [6, 6.07) is 32.7. The summed E-state index contributed by atoms with van der Waals surface area (Å²) < 4.78 is 46.2. The quantitative estimate of drug-likeness (QED) is 0.176. The summed E-state index contributed by atoms with van der Waals surface area (Å²) in [5.41, 5.74) is 1.87. The Morgan fingerprint density at radius 3 is 1.70 bits per heavy atom. The minimum atomic E-state index is -4.95. The molecule has 344 valence electrons. The summed E-state index contributed by atoms with van der Waals surface area (Å²) in [7, 11) is 3.09. The van der Waals surface area contributed by atoms with Gasteiger partial charge >= 0.3 is 6.18 Å². The van der Waals surface area contributed by atoms with E-state index in [0.29, 0.717) is 45.0 Å². The van der Waals surface area contributed by atoms with Crippen molar-refractivity contribution in [3.8, 4) is 0 Å². The molecular formula is C53H32F3N11O4. The molecule has 0 fully saturated rings. The van der Waals surface area contributed by atoms with Crippen LogP contribution in [0.15, 0.2) is 156 Å². The molecule has 1 aromatic heterocycles. The predicted molar refractivity (Wildman–Crippen MR) is 258 cm³/mol. The third-order valence-corrected chi connectivity index (χ3v) is 13.9. The molecule has 0 saturated heterocycles. The number of benzene rings is 6. The van der Waals surface area contributed by atoms with Crippen LogP contribution in [0.3, 0.4) is 0 Å². The number of aromatic amines is 1. The summed E-state index contributed by atoms with van der Waals surface area (Å²) in [6.07, 6.45) is -5.74. The number of amides is 4. The Morgan fingerprint density at radius 2 is 1.03 bits per heavy atom. The molecular weight excluding hydrogens is 912 g/mol. The van der Waals surface area contributed by atoms with Crippen molar-refractivity contribution in [2.75, 3.05) is 24.3 Å². The van der Waals surface area contributed by atoms with E-state index in [0.717, 1.165) is 74.3 Å². The lowest BCUT2D eigenvalue weighted by molar-refractivity contribution is -0.173. The lowest BCUT2D eigenvalue weighted by Gasteiger charge is -2.33. The summed E-state index contributed by atoms with van der Waals surface area (Å²) in [5, 5.41) is 4.65. The van der Waals surface area contributed by atoms with Crippen molar-refractivity contribution in [1.82, 2.24) is 9.88 Å². The number of imide groups is 2. The number of aromatic nitrogens is 1. The van der Waals surface area contributed by atoms with Crippen LogP contribution in [0.4, 0.5) is 24.5 Å². The molecule has 8 bridgehead atoms. The van der Waals surface area contributed by atoms with Crippen molar-refractivity contribution in [1.29, 1.82) is 0 Å². The van der Waals surface area contributed by atoms with Gasteiger partial charge in [0.1, 0.15) is 16.4 Å². The van der Waals surface area contributed by atoms with Crippen molar-refractivity contribution in [2.45, 2.75) is 24.7 Å². The summed E-state index contributed by atoms with van der Waals surface area (Å²) in [5.74, 6) is -1.25. The zero-order chi connectivity index (χ0) is 48.8. The molecule has 0 aliphatic carbocycles. The van der Waals surface area contributed by atoms with Crippen molar-refractivity contribution >= 4 is 75.0 Å². The number of alkyl halides is 3. The van der Waals surface area contributed by atoms with Gasteiger partial charge in [0.15, 0.2) is 35.3 Å². The smallest absolute Gasteiger partial charge is 0.388 e. The molecule has 6 aliphatic rings. The van der Waals surface area contributed by atoms with E-state index < -0.39 is 41.4 Å². The van der Waals surface area contributed by atoms with Gasteiger partial charge in [-0.1, -0.05) is 60.7 Å². The van der Waals surface area contributed by atoms with Crippen LogP contribution < -0.4 is 21.2 Å². The second-order valence-electron chi connectivity index (χ2n) is 17.8. The van der Waals surface area contributed by atoms with E-state index in [1.807, 2.05) is 73.8 Å². The fourth-order valence-electron chi connectivity index (χ4n) is 9.99. The third kappa shape index (κ3) is 5.93. The highest BCUT2D eigenvalue weighted by Gasteiger charge is 2.55. The molecule has 2 atom stereocenters. The molecule has 7 aromatic rings. The lowest BCUT2D eigenvalue weighted by atomic mass is 9.74. The van der Waals surface area contributed by atoms with E-state index in [2.05, 4.69) is 10.3 Å². The van der Waals surface area contributed by atoms with Gasteiger partial charge in [-0.3, -0.25) is 24.1 Å². The minimum Gasteiger partial charge on any atom is -0.388 e. The van der Waals surface area contributed by atoms with Gasteiger partial charge in [-0.15, -0.1) is 0 Å². The fraction of sp³-hybridized carbons (Fsp3) is 0.113. The first-order chi connectivity index (χ1) is 34.2. The number of fused-ring (bicyclic) bond motifs is 19. The maximum absolute atomic E-state index is 15.4. The Kier molecular flexibility index (Phi) is 8.60. The normalized spacial score (nSPS) is 18.1. The number of halogens is 3. The van der Waals surface area contributed by atoms with Crippen molar-refractivity contribution in [2.24, 2.45) is 34.9 Å². The number of anilines is 2. The molecule has 4 amide bonds. The van der Waals surface area contributed by atoms with Gasteiger partial charge in [-0.25, -0.2) is 39.8 Å². The van der Waals surface area contributed by atoms with Gasteiger partial charge in [-0.05, 0) is 78.7 Å². The zero-order valence-corrected chi connectivity index (χ0v) is 37.4. The molecule has 0 spiro atoms. The lowest BCUT2D eigenvalue weighted by Crippen LogP contribution is -2.41. The average molecular weight is 944 g/mol. The number of amidine groups is 5. The van der Waals surface area contributed by atoms with Crippen molar-refractivity contribution in [3.05, 3.63) is 199 Å². The average Bonchev–Trinajstić information content (AvgIpc) is 4.19. The second-order valence-corrected chi connectivity index (χ2v) is 17.8. The van der Waals surface area contributed by atoms with Gasteiger partial charge in [0.05, 0.1) is 27.9 Å². The summed E-state index contributed by atoms with van der Waals surface area (Å²) in [6.45, 7) is 0.934. The molecule has 15 nitrogen and oxygen atoms in total. The maximum Gasteiger partial charge on any atom is 0.402 e. The molecule has 6 aromatic carbocycles. The SMILES string of the molecule is CNc1ccc2c(c1)C1=NC3=NC(N=C4N=C(N=c5[nH]c(c6ccccc56)=NC2=N1)c1cc(N2C(=O)c5ccc(C(C)(c6ccc7c(c6)C(=O)N(C)C7=O)C(F)(F)F)cc5C2=O)ccc14)c1ccccc13. The number of aliphatic imine (C=N–C) groups is 5. The van der Waals surface area contributed by atoms with Crippen molar-refractivity contribution in [3.63, 3.8) is 0 Å². The van der Waals surface area contributed by atoms with Gasteiger partial charge in [-0.2, -0.15) is 13.2 Å². The van der Waals surface area contributed by atoms with Crippen LogP contribution in [0.1, 0.15) is 99.0 Å². The Labute approximate surface area is 399 Å². The van der Waals surface area contributed by atoms with E-state index in [4.69, 9.17) is 34.9 Å². The van der Waals surface area contributed by atoms with E-state index in [9.17, 15) is 19.2 Å². The van der Waals surface area contributed by atoms with E-state index >= 15 is 13.2 Å². The minimum absolute atomic E-state index is 0.0133. The Bertz CT molecular complexity index is 4020. The van der Waals surface area contributed by atoms with Crippen LogP contribution in [0.5, 0.6) is 0 Å². The molecule has 0 radical (unpaired) electrons. The van der Waals surface area contributed by atoms with Gasteiger partial charge in [0.2, 0.25) is 0 Å². The van der Waals surface area contributed by atoms with Gasteiger partial charge in [0.25, 0.3) is 23.6 Å². The number of rotatable bonds is 4. The standard InChI is InChI=1S/C53H32F3N11O4/c1-52(53(54,55)56,24-12-16-34-38(20-24)49(69)66(3)48(34)68)25-13-17-35-39(21-25)51(71)67(50(35)70)27-15-19-33-37(23-27)47-63-43-31-11-7-5-9-29(31)40(59-43)60-44-32-18-14-26(57-2)22-36(32)46(64-44)62-42-30-10-6-4-8-28(30)41(58-42)61-45(33)65-47/h4-23,41,57H,1-3H3,(H,58,59,60,61,62,63,64,65). The molecule has 7 heterocycles. The molecule has 6 aliphatic heterocycles. The Morgan fingerprint density at radius 1 is 0.521 bits per heavy atom. The molecule has 0 saturated carbocycles. The highest BCUT2D eigenvalue weighted by molar-refractivity contribution is 6.35. The zero-order valence-electron chi connectivity index (χ0n) is 37.4. The highest BCUT2D eigenvalue weighted by Crippen LogP contribution is 2.48. The first-order valence-corrected chi connectivity index (χ1v) is 22.3. The van der Waals surface area contributed by atoms with E-state index in [1.54, 1.807) is 18.2 Å². The number of H-pyrrole nitrogens is 1. The number of carbonyl (C=O) groups is 4. The van der Waals surface area contributed by atoms with Crippen LogP contribution in [0.2, 0.25) is 0 Å². The first-order valence-electron chi connectivity index (χ1n) is 22.3. The van der Waals surface area contributed by atoms with Crippen LogP contribution in [0, 0.1) is 0 Å². The molecule has 2 N–H and O–H groups in total. The van der Waals surface area contributed by atoms with Crippen LogP contribution in [0.25, 0.3) is 10.8 Å². The number of hydrogen-bond donors (Lipinski definition) is 2. The van der Waals surface area contributed by atoms with Crippen LogP contribution in [-0.2, 0) is 5.41 Å².